The van der Waals surface area contributed by atoms with Crippen LogP contribution >= 0.6 is 11.8 Å². The molecular weight excluding hydrogens is 272 g/mol. The van der Waals surface area contributed by atoms with Gasteiger partial charge < -0.3 is 5.11 Å². The summed E-state index contributed by atoms with van der Waals surface area (Å²) >= 11 is 1.57. The molecule has 4 heteroatoms. The lowest BCUT2D eigenvalue weighted by Gasteiger charge is -2.06. The highest BCUT2D eigenvalue weighted by Crippen LogP contribution is 2.37. The van der Waals surface area contributed by atoms with Crippen molar-refractivity contribution in [2.45, 2.75) is 22.6 Å². The van der Waals surface area contributed by atoms with Gasteiger partial charge in [0.05, 0.1) is 6.42 Å². The topological polar surface area (TPSA) is 54.4 Å². The Kier molecular flexibility index (Phi) is 3.32. The van der Waals surface area contributed by atoms with Crippen molar-refractivity contribution < 1.29 is 14.7 Å². The summed E-state index contributed by atoms with van der Waals surface area (Å²) in [5.74, 6) is -0.841. The molecular formula is C16H12O3S. The highest BCUT2D eigenvalue weighted by Gasteiger charge is 2.20. The molecule has 20 heavy (non-hydrogen) atoms. The molecule has 0 spiro atoms. The second kappa shape index (κ2) is 5.13. The van der Waals surface area contributed by atoms with Gasteiger partial charge in [-0.25, -0.2) is 0 Å². The summed E-state index contributed by atoms with van der Waals surface area (Å²) in [5.41, 5.74) is 2.32. The van der Waals surface area contributed by atoms with Crippen molar-refractivity contribution in [2.24, 2.45) is 0 Å². The number of Topliss-reactive ketones (excluding diaryl/α,β-unsaturated/α-hetero) is 1. The molecule has 1 aliphatic heterocycles. The molecule has 0 unspecified atom stereocenters. The summed E-state index contributed by atoms with van der Waals surface area (Å²) in [6.07, 6.45) is 0.310. The van der Waals surface area contributed by atoms with Gasteiger partial charge in [-0.3, -0.25) is 9.59 Å². The first kappa shape index (κ1) is 12.9. The molecule has 0 atom stereocenters. The van der Waals surface area contributed by atoms with Crippen molar-refractivity contribution in [2.75, 3.05) is 0 Å². The van der Waals surface area contributed by atoms with E-state index in [0.717, 1.165) is 15.4 Å². The van der Waals surface area contributed by atoms with E-state index >= 15 is 0 Å². The van der Waals surface area contributed by atoms with Crippen LogP contribution < -0.4 is 0 Å². The number of carboxylic acid groups (broad SMARTS) is 1. The molecule has 0 saturated heterocycles. The van der Waals surface area contributed by atoms with Crippen LogP contribution in [0.4, 0.5) is 0 Å². The Morgan fingerprint density at radius 2 is 1.95 bits per heavy atom. The first-order valence-electron chi connectivity index (χ1n) is 6.27. The zero-order valence-corrected chi connectivity index (χ0v) is 11.4. The van der Waals surface area contributed by atoms with E-state index in [4.69, 9.17) is 5.11 Å². The van der Waals surface area contributed by atoms with Gasteiger partial charge in [0.2, 0.25) is 0 Å². The summed E-state index contributed by atoms with van der Waals surface area (Å²) < 4.78 is 0. The third-order valence-electron chi connectivity index (χ3n) is 3.24. The van der Waals surface area contributed by atoms with E-state index in [2.05, 4.69) is 0 Å². The minimum Gasteiger partial charge on any atom is -0.481 e. The number of ketones is 1. The Bertz CT molecular complexity index is 707. The van der Waals surface area contributed by atoms with Crippen LogP contribution in [0.15, 0.2) is 52.3 Å². The molecule has 0 radical (unpaired) electrons. The maximum absolute atomic E-state index is 12.3. The fourth-order valence-corrected chi connectivity index (χ4v) is 3.38. The second-order valence-electron chi connectivity index (χ2n) is 4.71. The SMILES string of the molecule is O=C(O)Cc1ccc2c(c1)C(=O)Cc1ccccc1S2. The largest absolute Gasteiger partial charge is 0.481 e. The summed E-state index contributed by atoms with van der Waals surface area (Å²) in [6.45, 7) is 0. The molecule has 1 N–H and O–H groups in total. The predicted molar refractivity (Wildman–Crippen MR) is 76.4 cm³/mol. The van der Waals surface area contributed by atoms with Gasteiger partial charge in [-0.1, -0.05) is 36.0 Å². The monoisotopic (exact) mass is 284 g/mol. The van der Waals surface area contributed by atoms with Crippen LogP contribution in [-0.2, 0) is 17.6 Å². The van der Waals surface area contributed by atoms with E-state index in [1.165, 1.54) is 0 Å². The van der Waals surface area contributed by atoms with Gasteiger partial charge >= 0.3 is 5.97 Å². The normalized spacial score (nSPS) is 13.3. The summed E-state index contributed by atoms with van der Waals surface area (Å²) in [7, 11) is 0. The van der Waals surface area contributed by atoms with E-state index in [1.807, 2.05) is 30.3 Å². The van der Waals surface area contributed by atoms with Crippen LogP contribution in [0, 0.1) is 0 Å². The molecule has 0 aromatic heterocycles. The minimum absolute atomic E-state index is 0.0460. The first-order valence-corrected chi connectivity index (χ1v) is 7.09. The maximum atomic E-state index is 12.3. The number of benzene rings is 2. The molecule has 0 fully saturated rings. The number of fused-ring (bicyclic) bond motifs is 2. The van der Waals surface area contributed by atoms with Gasteiger partial charge in [0.25, 0.3) is 0 Å². The number of aliphatic carboxylic acids is 1. The molecule has 3 nitrogen and oxygen atoms in total. The molecule has 0 amide bonds. The lowest BCUT2D eigenvalue weighted by Crippen LogP contribution is -2.06. The van der Waals surface area contributed by atoms with E-state index in [0.29, 0.717) is 17.5 Å². The molecule has 2 aromatic carbocycles. The number of carbonyl (C=O) groups is 2. The molecule has 100 valence electrons. The van der Waals surface area contributed by atoms with E-state index in [-0.39, 0.29) is 12.2 Å². The Hall–Kier alpha value is -2.07. The van der Waals surface area contributed by atoms with Crippen LogP contribution in [0.25, 0.3) is 0 Å². The Morgan fingerprint density at radius 1 is 1.15 bits per heavy atom. The average Bonchev–Trinajstić information content (AvgIpc) is 2.54. The minimum atomic E-state index is -0.887. The lowest BCUT2D eigenvalue weighted by molar-refractivity contribution is -0.136. The van der Waals surface area contributed by atoms with Crippen LogP contribution in [0.2, 0.25) is 0 Å². The molecule has 3 rings (SSSR count). The van der Waals surface area contributed by atoms with Gasteiger partial charge in [0, 0.05) is 21.8 Å². The second-order valence-corrected chi connectivity index (χ2v) is 5.79. The summed E-state index contributed by atoms with van der Waals surface area (Å²) in [6, 6.07) is 13.2. The van der Waals surface area contributed by atoms with Gasteiger partial charge in [0.15, 0.2) is 5.78 Å². The third kappa shape index (κ3) is 2.47. The van der Waals surface area contributed by atoms with Gasteiger partial charge in [-0.15, -0.1) is 0 Å². The van der Waals surface area contributed by atoms with Crippen LogP contribution in [0.3, 0.4) is 0 Å². The fraction of sp³-hybridized carbons (Fsp3) is 0.125. The summed E-state index contributed by atoms with van der Waals surface area (Å²) in [4.78, 5) is 25.1. The molecule has 0 bridgehead atoms. The molecule has 0 saturated carbocycles. The van der Waals surface area contributed by atoms with E-state index in [9.17, 15) is 9.59 Å². The molecule has 1 heterocycles. The molecule has 1 aliphatic rings. The van der Waals surface area contributed by atoms with Crippen molar-refractivity contribution in [3.8, 4) is 0 Å². The Labute approximate surface area is 120 Å². The predicted octanol–water partition coefficient (Wildman–Crippen LogP) is 3.20. The number of hydrogen-bond acceptors (Lipinski definition) is 3. The van der Waals surface area contributed by atoms with Crippen LogP contribution in [0.1, 0.15) is 21.5 Å². The van der Waals surface area contributed by atoms with Crippen molar-refractivity contribution in [3.63, 3.8) is 0 Å². The smallest absolute Gasteiger partial charge is 0.307 e. The van der Waals surface area contributed by atoms with Gasteiger partial charge in [0.1, 0.15) is 0 Å². The number of carboxylic acids is 1. The van der Waals surface area contributed by atoms with E-state index < -0.39 is 5.97 Å². The average molecular weight is 284 g/mol. The number of carbonyl (C=O) groups excluding carboxylic acids is 1. The zero-order valence-electron chi connectivity index (χ0n) is 10.6. The highest BCUT2D eigenvalue weighted by atomic mass is 32.2. The van der Waals surface area contributed by atoms with Crippen molar-refractivity contribution in [1.82, 2.24) is 0 Å². The van der Waals surface area contributed by atoms with Crippen molar-refractivity contribution in [1.29, 1.82) is 0 Å². The van der Waals surface area contributed by atoms with Crippen molar-refractivity contribution in [3.05, 3.63) is 59.2 Å². The summed E-state index contributed by atoms with van der Waals surface area (Å²) in [5, 5.41) is 8.84. The van der Waals surface area contributed by atoms with Crippen molar-refractivity contribution >= 4 is 23.5 Å². The van der Waals surface area contributed by atoms with Gasteiger partial charge in [-0.2, -0.15) is 0 Å². The van der Waals surface area contributed by atoms with Crippen LogP contribution in [-0.4, -0.2) is 16.9 Å². The van der Waals surface area contributed by atoms with Crippen LogP contribution in [0.5, 0.6) is 0 Å². The fourth-order valence-electron chi connectivity index (χ4n) is 2.30. The maximum Gasteiger partial charge on any atom is 0.307 e. The quantitative estimate of drug-likeness (QED) is 0.920. The Balaban J connectivity index is 2.04. The standard InChI is InChI=1S/C16H12O3S/c17-13-9-11-3-1-2-4-14(11)20-15-6-5-10(7-12(13)15)8-16(18)19/h1-7H,8-9H2,(H,18,19). The third-order valence-corrected chi connectivity index (χ3v) is 4.44. The molecule has 2 aromatic rings. The number of rotatable bonds is 2. The highest BCUT2D eigenvalue weighted by molar-refractivity contribution is 7.99. The molecule has 0 aliphatic carbocycles. The Morgan fingerprint density at radius 3 is 2.75 bits per heavy atom. The van der Waals surface area contributed by atoms with Gasteiger partial charge in [-0.05, 0) is 29.3 Å². The zero-order chi connectivity index (χ0) is 14.1. The number of hydrogen-bond donors (Lipinski definition) is 1. The van der Waals surface area contributed by atoms with E-state index in [1.54, 1.807) is 23.9 Å². The first-order chi connectivity index (χ1) is 9.63. The lowest BCUT2D eigenvalue weighted by atomic mass is 10.0.